The molecule has 1 aliphatic rings. The topological polar surface area (TPSA) is 50.4 Å². The number of hydrogen-bond donors (Lipinski definition) is 2. The van der Waals surface area contributed by atoms with E-state index in [-0.39, 0.29) is 5.91 Å². The molecule has 0 aliphatic carbocycles. The first-order valence-electron chi connectivity index (χ1n) is 7.84. The molecular weight excluding hydrogens is 264 g/mol. The standard InChI is InChI=1S/C17H26N2O2/c1-4-11-18-13(2)14-6-8-15(9-7-14)19-16(20)17(3)10-5-12-21-17/h6-9,13,18H,4-5,10-12H2,1-3H3,(H,19,20). The predicted molar refractivity (Wildman–Crippen MR) is 85.4 cm³/mol. The van der Waals surface area contributed by atoms with E-state index in [2.05, 4.69) is 36.6 Å². The van der Waals surface area contributed by atoms with Crippen molar-refractivity contribution in [3.8, 4) is 0 Å². The Balaban J connectivity index is 1.94. The van der Waals surface area contributed by atoms with Crippen LogP contribution in [0.5, 0.6) is 0 Å². The molecule has 116 valence electrons. The molecule has 0 saturated carbocycles. The third-order valence-corrected chi connectivity index (χ3v) is 4.07. The lowest BCUT2D eigenvalue weighted by atomic mass is 10.0. The molecule has 4 heteroatoms. The van der Waals surface area contributed by atoms with Crippen LogP contribution in [0, 0.1) is 0 Å². The summed E-state index contributed by atoms with van der Waals surface area (Å²) in [5, 5.41) is 6.40. The number of benzene rings is 1. The van der Waals surface area contributed by atoms with Crippen molar-refractivity contribution in [3.05, 3.63) is 29.8 Å². The summed E-state index contributed by atoms with van der Waals surface area (Å²) in [7, 11) is 0. The van der Waals surface area contributed by atoms with Crippen molar-refractivity contribution < 1.29 is 9.53 Å². The van der Waals surface area contributed by atoms with Gasteiger partial charge in [-0.15, -0.1) is 0 Å². The molecule has 1 saturated heterocycles. The molecule has 1 amide bonds. The smallest absolute Gasteiger partial charge is 0.256 e. The summed E-state index contributed by atoms with van der Waals surface area (Å²) in [6.45, 7) is 7.85. The molecule has 1 aromatic rings. The predicted octanol–water partition coefficient (Wildman–Crippen LogP) is 3.25. The highest BCUT2D eigenvalue weighted by Crippen LogP contribution is 2.27. The van der Waals surface area contributed by atoms with Crippen molar-refractivity contribution in [1.82, 2.24) is 5.32 Å². The van der Waals surface area contributed by atoms with Gasteiger partial charge in [0.1, 0.15) is 5.60 Å². The summed E-state index contributed by atoms with van der Waals surface area (Å²) in [5.74, 6) is -0.0510. The number of nitrogens with one attached hydrogen (secondary N) is 2. The summed E-state index contributed by atoms with van der Waals surface area (Å²) in [4.78, 5) is 12.2. The average Bonchev–Trinajstić information content (AvgIpc) is 2.94. The largest absolute Gasteiger partial charge is 0.365 e. The van der Waals surface area contributed by atoms with E-state index in [9.17, 15) is 4.79 Å². The minimum atomic E-state index is -0.672. The lowest BCUT2D eigenvalue weighted by molar-refractivity contribution is -0.133. The van der Waals surface area contributed by atoms with E-state index in [1.54, 1.807) is 0 Å². The monoisotopic (exact) mass is 290 g/mol. The van der Waals surface area contributed by atoms with E-state index >= 15 is 0 Å². The van der Waals surface area contributed by atoms with E-state index in [1.807, 2.05) is 19.1 Å². The Bertz CT molecular complexity index is 464. The number of carbonyl (C=O) groups excluding carboxylic acids is 1. The van der Waals surface area contributed by atoms with Crippen LogP contribution in [0.25, 0.3) is 0 Å². The molecule has 1 aliphatic heterocycles. The van der Waals surface area contributed by atoms with E-state index in [0.29, 0.717) is 12.6 Å². The minimum Gasteiger partial charge on any atom is -0.365 e. The average molecular weight is 290 g/mol. The van der Waals surface area contributed by atoms with Crippen LogP contribution in [0.1, 0.15) is 51.6 Å². The SMILES string of the molecule is CCCNC(C)c1ccc(NC(=O)C2(C)CCCO2)cc1. The van der Waals surface area contributed by atoms with Crippen molar-refractivity contribution in [2.24, 2.45) is 0 Å². The Morgan fingerprint density at radius 3 is 2.67 bits per heavy atom. The van der Waals surface area contributed by atoms with Gasteiger partial charge < -0.3 is 15.4 Å². The summed E-state index contributed by atoms with van der Waals surface area (Å²) < 4.78 is 5.56. The zero-order valence-electron chi connectivity index (χ0n) is 13.2. The van der Waals surface area contributed by atoms with Gasteiger partial charge in [0, 0.05) is 18.3 Å². The van der Waals surface area contributed by atoms with Gasteiger partial charge in [-0.2, -0.15) is 0 Å². The van der Waals surface area contributed by atoms with Gasteiger partial charge in [0.25, 0.3) is 5.91 Å². The number of ether oxygens (including phenoxy) is 1. The maximum absolute atomic E-state index is 12.2. The third kappa shape index (κ3) is 4.05. The quantitative estimate of drug-likeness (QED) is 0.845. The molecule has 2 rings (SSSR count). The molecule has 2 N–H and O–H groups in total. The van der Waals surface area contributed by atoms with Crippen molar-refractivity contribution >= 4 is 11.6 Å². The van der Waals surface area contributed by atoms with Gasteiger partial charge in [0.05, 0.1) is 0 Å². The van der Waals surface area contributed by atoms with E-state index in [1.165, 1.54) is 5.56 Å². The van der Waals surface area contributed by atoms with Crippen LogP contribution in [0.4, 0.5) is 5.69 Å². The first-order valence-corrected chi connectivity index (χ1v) is 7.84. The van der Waals surface area contributed by atoms with Gasteiger partial charge >= 0.3 is 0 Å². The zero-order valence-corrected chi connectivity index (χ0v) is 13.2. The summed E-state index contributed by atoms with van der Waals surface area (Å²) in [6, 6.07) is 8.35. The highest BCUT2D eigenvalue weighted by molar-refractivity contribution is 5.97. The fourth-order valence-electron chi connectivity index (χ4n) is 2.56. The second-order valence-corrected chi connectivity index (χ2v) is 5.93. The number of amides is 1. The van der Waals surface area contributed by atoms with Gasteiger partial charge in [-0.3, -0.25) is 4.79 Å². The molecule has 4 nitrogen and oxygen atoms in total. The molecule has 0 spiro atoms. The Morgan fingerprint density at radius 1 is 1.38 bits per heavy atom. The molecule has 0 radical (unpaired) electrons. The van der Waals surface area contributed by atoms with Crippen molar-refractivity contribution in [2.75, 3.05) is 18.5 Å². The van der Waals surface area contributed by atoms with Crippen LogP contribution in [-0.2, 0) is 9.53 Å². The van der Waals surface area contributed by atoms with Crippen molar-refractivity contribution in [2.45, 2.75) is 51.7 Å². The van der Waals surface area contributed by atoms with Crippen molar-refractivity contribution in [1.29, 1.82) is 0 Å². The fraction of sp³-hybridized carbons (Fsp3) is 0.588. The number of anilines is 1. The van der Waals surface area contributed by atoms with Crippen LogP contribution < -0.4 is 10.6 Å². The molecule has 1 fully saturated rings. The maximum Gasteiger partial charge on any atom is 0.256 e. The molecule has 21 heavy (non-hydrogen) atoms. The van der Waals surface area contributed by atoms with Gasteiger partial charge in [0.2, 0.25) is 0 Å². The van der Waals surface area contributed by atoms with E-state index < -0.39 is 5.60 Å². The number of carbonyl (C=O) groups is 1. The molecule has 0 bridgehead atoms. The zero-order chi connectivity index (χ0) is 15.3. The van der Waals surface area contributed by atoms with Gasteiger partial charge in [-0.05, 0) is 57.4 Å². The molecule has 1 heterocycles. The van der Waals surface area contributed by atoms with Crippen molar-refractivity contribution in [3.63, 3.8) is 0 Å². The first kappa shape index (κ1) is 16.0. The first-order chi connectivity index (χ1) is 10.0. The molecular formula is C17H26N2O2. The molecule has 0 aromatic heterocycles. The Hall–Kier alpha value is -1.39. The van der Waals surface area contributed by atoms with E-state index in [0.717, 1.165) is 31.5 Å². The molecule has 2 atom stereocenters. The minimum absolute atomic E-state index is 0.0510. The second kappa shape index (κ2) is 7.05. The third-order valence-electron chi connectivity index (χ3n) is 4.07. The fourth-order valence-corrected chi connectivity index (χ4v) is 2.56. The summed E-state index contributed by atoms with van der Waals surface area (Å²) in [5.41, 5.74) is 1.38. The van der Waals surface area contributed by atoms with Crippen LogP contribution in [0.3, 0.4) is 0 Å². The molecule has 2 unspecified atom stereocenters. The highest BCUT2D eigenvalue weighted by Gasteiger charge is 2.37. The van der Waals surface area contributed by atoms with Gasteiger partial charge in [-0.1, -0.05) is 19.1 Å². The second-order valence-electron chi connectivity index (χ2n) is 5.93. The van der Waals surface area contributed by atoms with Gasteiger partial charge in [0.15, 0.2) is 0 Å². The van der Waals surface area contributed by atoms with Crippen LogP contribution in [0.15, 0.2) is 24.3 Å². The lowest BCUT2D eigenvalue weighted by Crippen LogP contribution is -2.39. The van der Waals surface area contributed by atoms with Gasteiger partial charge in [-0.25, -0.2) is 0 Å². The maximum atomic E-state index is 12.2. The van der Waals surface area contributed by atoms with Crippen LogP contribution in [0.2, 0.25) is 0 Å². The Kier molecular flexibility index (Phi) is 5.37. The van der Waals surface area contributed by atoms with Crippen LogP contribution >= 0.6 is 0 Å². The Morgan fingerprint density at radius 2 is 2.10 bits per heavy atom. The Labute approximate surface area is 127 Å². The number of hydrogen-bond acceptors (Lipinski definition) is 3. The molecule has 1 aromatic carbocycles. The number of rotatable bonds is 6. The normalized spacial score (nSPS) is 23.0. The highest BCUT2D eigenvalue weighted by atomic mass is 16.5. The lowest BCUT2D eigenvalue weighted by Gasteiger charge is -2.22. The summed E-state index contributed by atoms with van der Waals surface area (Å²) in [6.07, 6.45) is 2.86. The van der Waals surface area contributed by atoms with Crippen LogP contribution in [-0.4, -0.2) is 24.7 Å². The van der Waals surface area contributed by atoms with E-state index in [4.69, 9.17) is 4.74 Å². The summed E-state index contributed by atoms with van der Waals surface area (Å²) >= 11 is 0.